The first-order valence-electron chi connectivity index (χ1n) is 9.08. The van der Waals surface area contributed by atoms with E-state index in [1.807, 2.05) is 4.68 Å². The second kappa shape index (κ2) is 5.85. The van der Waals surface area contributed by atoms with Crippen LogP contribution >= 0.6 is 0 Å². The number of aromatic nitrogens is 2. The molecule has 1 aromatic rings. The largest absolute Gasteiger partial charge is 0.514 e. The Morgan fingerprint density at radius 2 is 1.75 bits per heavy atom. The molecule has 2 saturated heterocycles. The molecule has 0 aliphatic carbocycles. The van der Waals surface area contributed by atoms with E-state index in [9.17, 15) is 0 Å². The molecule has 0 aromatic carbocycles. The fraction of sp³-hybridized carbons (Fsp3) is 0.833. The summed E-state index contributed by atoms with van der Waals surface area (Å²) >= 11 is 0. The van der Waals surface area contributed by atoms with E-state index in [0.717, 1.165) is 37.2 Å². The Morgan fingerprint density at radius 3 is 2.25 bits per heavy atom. The van der Waals surface area contributed by atoms with Crippen molar-refractivity contribution in [1.82, 2.24) is 9.78 Å². The third-order valence-electron chi connectivity index (χ3n) is 5.46. The molecule has 1 atom stereocenters. The molecule has 0 N–H and O–H groups in total. The molecular weight excluding hydrogens is 303 g/mol. The summed E-state index contributed by atoms with van der Waals surface area (Å²) in [4.78, 5) is 0. The summed E-state index contributed by atoms with van der Waals surface area (Å²) in [6, 6.07) is 2.13. The fourth-order valence-corrected chi connectivity index (χ4v) is 3.06. The molecule has 2 aliphatic rings. The van der Waals surface area contributed by atoms with Crippen molar-refractivity contribution in [2.75, 3.05) is 6.61 Å². The molecule has 0 spiro atoms. The monoisotopic (exact) mass is 334 g/mol. The van der Waals surface area contributed by atoms with Gasteiger partial charge in [-0.2, -0.15) is 5.10 Å². The Kier molecular flexibility index (Phi) is 4.38. The van der Waals surface area contributed by atoms with Crippen LogP contribution in [0.25, 0.3) is 0 Å². The predicted octanol–water partition coefficient (Wildman–Crippen LogP) is 3.18. The highest BCUT2D eigenvalue weighted by molar-refractivity contribution is 6.61. The zero-order valence-corrected chi connectivity index (χ0v) is 16.2. The van der Waals surface area contributed by atoms with Gasteiger partial charge >= 0.3 is 7.12 Å². The Hall–Kier alpha value is -0.845. The maximum atomic E-state index is 6.27. The minimum atomic E-state index is -0.413. The number of ether oxygens (including phenoxy) is 1. The van der Waals surface area contributed by atoms with E-state index >= 15 is 0 Å². The molecule has 1 unspecified atom stereocenters. The lowest BCUT2D eigenvalue weighted by atomic mass is 9.82. The highest BCUT2D eigenvalue weighted by Crippen LogP contribution is 2.37. The van der Waals surface area contributed by atoms with E-state index in [1.165, 1.54) is 0 Å². The van der Waals surface area contributed by atoms with E-state index in [1.54, 1.807) is 0 Å². The second-order valence-corrected chi connectivity index (χ2v) is 9.06. The van der Waals surface area contributed by atoms with Gasteiger partial charge < -0.3 is 14.0 Å². The van der Waals surface area contributed by atoms with Crippen LogP contribution in [-0.2, 0) is 19.5 Å². The molecule has 2 aliphatic heterocycles. The lowest BCUT2D eigenvalue weighted by Crippen LogP contribution is -2.42. The van der Waals surface area contributed by atoms with E-state index in [-0.39, 0.29) is 22.8 Å². The molecule has 0 amide bonds. The van der Waals surface area contributed by atoms with Crippen molar-refractivity contribution < 1.29 is 14.0 Å². The quantitative estimate of drug-likeness (QED) is 0.780. The van der Waals surface area contributed by atoms with E-state index in [0.29, 0.717) is 0 Å². The maximum Gasteiger partial charge on any atom is 0.514 e. The molecule has 134 valence electrons. The van der Waals surface area contributed by atoms with Crippen molar-refractivity contribution in [3.63, 3.8) is 0 Å². The molecule has 0 bridgehead atoms. The summed E-state index contributed by atoms with van der Waals surface area (Å²) in [5.41, 5.74) is 1.26. The molecule has 24 heavy (non-hydrogen) atoms. The number of hydrogen-bond donors (Lipinski definition) is 0. The number of nitrogens with zero attached hydrogens (tertiary/aromatic N) is 2. The molecule has 3 heterocycles. The van der Waals surface area contributed by atoms with E-state index in [2.05, 4.69) is 54.5 Å². The number of rotatable bonds is 2. The van der Waals surface area contributed by atoms with Crippen molar-refractivity contribution >= 4 is 12.7 Å². The van der Waals surface area contributed by atoms with Crippen LogP contribution < -0.4 is 5.59 Å². The summed E-state index contributed by atoms with van der Waals surface area (Å²) in [5.74, 6) is 0. The first-order valence-corrected chi connectivity index (χ1v) is 9.08. The van der Waals surface area contributed by atoms with Crippen molar-refractivity contribution in [3.05, 3.63) is 11.8 Å². The number of hydrogen-bond acceptors (Lipinski definition) is 4. The van der Waals surface area contributed by atoms with Crippen LogP contribution in [-0.4, -0.2) is 34.7 Å². The van der Waals surface area contributed by atoms with Crippen molar-refractivity contribution in [1.29, 1.82) is 0 Å². The topological polar surface area (TPSA) is 45.5 Å². The van der Waals surface area contributed by atoms with Gasteiger partial charge in [-0.05, 0) is 53.0 Å². The van der Waals surface area contributed by atoms with Crippen LogP contribution in [0.15, 0.2) is 6.07 Å². The van der Waals surface area contributed by atoms with Crippen LogP contribution in [0.1, 0.15) is 79.7 Å². The third-order valence-corrected chi connectivity index (χ3v) is 5.46. The Labute approximate surface area is 146 Å². The molecular formula is C18H31BN2O3. The smallest absolute Gasteiger partial charge is 0.398 e. The third kappa shape index (κ3) is 3.16. The van der Waals surface area contributed by atoms with Gasteiger partial charge in [-0.25, -0.2) is 4.68 Å². The highest BCUT2D eigenvalue weighted by atomic mass is 16.7. The first-order chi connectivity index (χ1) is 11.0. The average molecular weight is 334 g/mol. The van der Waals surface area contributed by atoms with E-state index < -0.39 is 7.12 Å². The zero-order valence-electron chi connectivity index (χ0n) is 16.2. The Balaban J connectivity index is 1.98. The van der Waals surface area contributed by atoms with Crippen molar-refractivity contribution in [2.45, 2.75) is 90.6 Å². The molecule has 0 radical (unpaired) electrons. The lowest BCUT2D eigenvalue weighted by molar-refractivity contribution is -0.0383. The van der Waals surface area contributed by atoms with Crippen molar-refractivity contribution in [2.24, 2.45) is 0 Å². The van der Waals surface area contributed by atoms with Gasteiger partial charge in [0, 0.05) is 12.0 Å². The zero-order chi connectivity index (χ0) is 17.8. The minimum absolute atomic E-state index is 0.0242. The lowest BCUT2D eigenvalue weighted by Gasteiger charge is -2.32. The van der Waals surface area contributed by atoms with Gasteiger partial charge in [0.25, 0.3) is 0 Å². The molecule has 5 nitrogen and oxygen atoms in total. The van der Waals surface area contributed by atoms with Crippen LogP contribution in [0, 0.1) is 0 Å². The normalized spacial score (nSPS) is 26.8. The molecule has 6 heteroatoms. The van der Waals surface area contributed by atoms with Gasteiger partial charge in [-0.1, -0.05) is 20.8 Å². The summed E-state index contributed by atoms with van der Waals surface area (Å²) in [7, 11) is -0.413. The summed E-state index contributed by atoms with van der Waals surface area (Å²) in [5, 5.41) is 4.88. The van der Waals surface area contributed by atoms with Gasteiger partial charge in [0.15, 0.2) is 0 Å². The first kappa shape index (κ1) is 18.0. The fourth-order valence-electron chi connectivity index (χ4n) is 3.06. The van der Waals surface area contributed by atoms with Gasteiger partial charge in [-0.3, -0.25) is 0 Å². The minimum Gasteiger partial charge on any atom is -0.398 e. The van der Waals surface area contributed by atoms with Crippen LogP contribution in [0.5, 0.6) is 0 Å². The van der Waals surface area contributed by atoms with Gasteiger partial charge in [0.2, 0.25) is 0 Å². The van der Waals surface area contributed by atoms with Crippen LogP contribution in [0.2, 0.25) is 0 Å². The molecule has 3 rings (SSSR count). The van der Waals surface area contributed by atoms with Gasteiger partial charge in [0.05, 0.1) is 22.5 Å². The Morgan fingerprint density at radius 1 is 1.12 bits per heavy atom. The summed E-state index contributed by atoms with van der Waals surface area (Å²) in [6.07, 6.45) is 3.25. The van der Waals surface area contributed by atoms with Gasteiger partial charge in [0.1, 0.15) is 6.23 Å². The Bertz CT molecular complexity index is 582. The average Bonchev–Trinajstić information content (AvgIpc) is 2.99. The second-order valence-electron chi connectivity index (χ2n) is 9.06. The van der Waals surface area contributed by atoms with Crippen LogP contribution in [0.4, 0.5) is 0 Å². The summed E-state index contributed by atoms with van der Waals surface area (Å²) < 4.78 is 20.5. The highest BCUT2D eigenvalue weighted by Gasteiger charge is 2.53. The predicted molar refractivity (Wildman–Crippen MR) is 95.5 cm³/mol. The molecule has 1 aromatic heterocycles. The molecule has 2 fully saturated rings. The maximum absolute atomic E-state index is 6.27. The standard InChI is InChI=1S/C18H31BN2O3/c1-16(2,3)13-12-14(19-23-17(4,5)18(6,7)24-19)21(20-13)15-10-8-9-11-22-15/h12,15H,8-11H2,1-7H3. The van der Waals surface area contributed by atoms with Crippen molar-refractivity contribution in [3.8, 4) is 0 Å². The van der Waals surface area contributed by atoms with Gasteiger partial charge in [-0.15, -0.1) is 0 Å². The molecule has 0 saturated carbocycles. The SMILES string of the molecule is CC(C)(C)c1cc(B2OC(C)(C)C(C)(C)O2)n(C2CCCCO2)n1. The van der Waals surface area contributed by atoms with Crippen LogP contribution in [0.3, 0.4) is 0 Å². The van der Waals surface area contributed by atoms with E-state index in [4.69, 9.17) is 19.1 Å². The summed E-state index contributed by atoms with van der Waals surface area (Å²) in [6.45, 7) is 15.6.